The van der Waals surface area contributed by atoms with Crippen molar-refractivity contribution in [3.8, 4) is 5.75 Å². The van der Waals surface area contributed by atoms with E-state index < -0.39 is 5.60 Å². The first-order valence-electron chi connectivity index (χ1n) is 9.63. The van der Waals surface area contributed by atoms with Crippen LogP contribution in [0.15, 0.2) is 18.2 Å². The average Bonchev–Trinajstić information content (AvgIpc) is 2.63. The van der Waals surface area contributed by atoms with Gasteiger partial charge in [-0.3, -0.25) is 19.4 Å². The molecular formula is C20H30N4O3. The number of ether oxygens (including phenoxy) is 1. The first-order valence-corrected chi connectivity index (χ1v) is 9.63. The molecular weight excluding hydrogens is 344 g/mol. The average molecular weight is 374 g/mol. The van der Waals surface area contributed by atoms with Gasteiger partial charge in [-0.2, -0.15) is 0 Å². The molecule has 2 heterocycles. The number of fused-ring (bicyclic) bond motifs is 1. The Kier molecular flexibility index (Phi) is 6.01. The predicted molar refractivity (Wildman–Crippen MR) is 105 cm³/mol. The third-order valence-corrected chi connectivity index (χ3v) is 4.95. The van der Waals surface area contributed by atoms with Gasteiger partial charge in [0.1, 0.15) is 5.75 Å². The molecule has 0 bridgehead atoms. The Morgan fingerprint density at radius 2 is 2.00 bits per heavy atom. The maximum atomic E-state index is 11.9. The van der Waals surface area contributed by atoms with Crippen LogP contribution in [0.25, 0.3) is 0 Å². The minimum atomic E-state index is -0.799. The number of hydrogen-bond donors (Lipinski definition) is 2. The van der Waals surface area contributed by atoms with Crippen LogP contribution < -0.4 is 15.4 Å². The molecule has 0 saturated carbocycles. The smallest absolute Gasteiger partial charge is 0.234 e. The van der Waals surface area contributed by atoms with Gasteiger partial charge in [0.05, 0.1) is 18.8 Å². The molecule has 1 aromatic rings. The van der Waals surface area contributed by atoms with E-state index in [2.05, 4.69) is 32.6 Å². The molecule has 1 aromatic carbocycles. The second-order valence-corrected chi connectivity index (χ2v) is 7.99. The SMILES string of the molecule is CC(C)NC(=O)CN1CCN(Cc2ccc3c(c2)NCC(C)(C=O)O3)CC1. The molecule has 1 saturated heterocycles. The lowest BCUT2D eigenvalue weighted by Crippen LogP contribution is -2.49. The second kappa shape index (κ2) is 8.27. The zero-order valence-corrected chi connectivity index (χ0v) is 16.5. The van der Waals surface area contributed by atoms with Gasteiger partial charge in [-0.25, -0.2) is 0 Å². The molecule has 7 heteroatoms. The molecule has 1 atom stereocenters. The van der Waals surface area contributed by atoms with Crippen molar-refractivity contribution in [1.29, 1.82) is 0 Å². The van der Waals surface area contributed by atoms with Crippen LogP contribution in [0.4, 0.5) is 5.69 Å². The number of aldehydes is 1. The summed E-state index contributed by atoms with van der Waals surface area (Å²) in [6.45, 7) is 11.2. The fraction of sp³-hybridized carbons (Fsp3) is 0.600. The Labute approximate surface area is 161 Å². The summed E-state index contributed by atoms with van der Waals surface area (Å²) in [4.78, 5) is 27.7. The molecule has 2 aliphatic rings. The van der Waals surface area contributed by atoms with Crippen molar-refractivity contribution in [3.63, 3.8) is 0 Å². The number of anilines is 1. The van der Waals surface area contributed by atoms with Crippen molar-refractivity contribution >= 4 is 17.9 Å². The van der Waals surface area contributed by atoms with Gasteiger partial charge in [-0.05, 0) is 38.5 Å². The van der Waals surface area contributed by atoms with Crippen LogP contribution in [0, 0.1) is 0 Å². The molecule has 1 amide bonds. The zero-order valence-electron chi connectivity index (χ0n) is 16.5. The van der Waals surface area contributed by atoms with E-state index in [0.717, 1.165) is 50.4 Å². The number of nitrogens with one attached hydrogen (secondary N) is 2. The van der Waals surface area contributed by atoms with Crippen LogP contribution >= 0.6 is 0 Å². The Morgan fingerprint density at radius 3 is 2.67 bits per heavy atom. The third kappa shape index (κ3) is 5.20. The standard InChI is InChI=1S/C20H30N4O3/c1-15(2)22-19(26)12-24-8-6-23(7-9-24)11-16-4-5-18-17(10-16)21-13-20(3,14-25)27-18/h4-5,10,14-15,21H,6-9,11-13H2,1-3H3,(H,22,26). The summed E-state index contributed by atoms with van der Waals surface area (Å²) in [5.41, 5.74) is 1.36. The van der Waals surface area contributed by atoms with Gasteiger partial charge in [-0.15, -0.1) is 0 Å². The van der Waals surface area contributed by atoms with E-state index in [1.807, 2.05) is 19.9 Å². The molecule has 0 radical (unpaired) electrons. The molecule has 27 heavy (non-hydrogen) atoms. The van der Waals surface area contributed by atoms with Crippen molar-refractivity contribution in [1.82, 2.24) is 15.1 Å². The fourth-order valence-corrected chi connectivity index (χ4v) is 3.46. The molecule has 3 rings (SSSR count). The van der Waals surface area contributed by atoms with Crippen LogP contribution in [-0.4, -0.2) is 72.9 Å². The van der Waals surface area contributed by atoms with Gasteiger partial charge >= 0.3 is 0 Å². The van der Waals surface area contributed by atoms with E-state index in [1.165, 1.54) is 5.56 Å². The lowest BCUT2D eigenvalue weighted by molar-refractivity contribution is -0.123. The molecule has 2 N–H and O–H groups in total. The summed E-state index contributed by atoms with van der Waals surface area (Å²) in [5.74, 6) is 0.821. The molecule has 148 valence electrons. The minimum Gasteiger partial charge on any atom is -0.476 e. The fourth-order valence-electron chi connectivity index (χ4n) is 3.46. The number of piperazine rings is 1. The Morgan fingerprint density at radius 1 is 1.30 bits per heavy atom. The van der Waals surface area contributed by atoms with E-state index >= 15 is 0 Å². The normalized spacial score (nSPS) is 23.3. The minimum absolute atomic E-state index is 0.0986. The van der Waals surface area contributed by atoms with Crippen LogP contribution in [0.2, 0.25) is 0 Å². The van der Waals surface area contributed by atoms with Crippen LogP contribution in [0.3, 0.4) is 0 Å². The number of hydrogen-bond acceptors (Lipinski definition) is 6. The molecule has 0 aliphatic carbocycles. The van der Waals surface area contributed by atoms with Gasteiger partial charge in [0.25, 0.3) is 0 Å². The summed E-state index contributed by atoms with van der Waals surface area (Å²) >= 11 is 0. The van der Waals surface area contributed by atoms with Crippen molar-refractivity contribution in [2.75, 3.05) is 44.6 Å². The lowest BCUT2D eigenvalue weighted by atomic mass is 10.1. The van der Waals surface area contributed by atoms with Crippen molar-refractivity contribution in [2.24, 2.45) is 0 Å². The van der Waals surface area contributed by atoms with Gasteiger partial charge in [0.2, 0.25) is 5.91 Å². The first kappa shape index (κ1) is 19.6. The lowest BCUT2D eigenvalue weighted by Gasteiger charge is -2.35. The summed E-state index contributed by atoms with van der Waals surface area (Å²) in [7, 11) is 0. The van der Waals surface area contributed by atoms with Gasteiger partial charge in [-0.1, -0.05) is 6.07 Å². The molecule has 7 nitrogen and oxygen atoms in total. The molecule has 2 aliphatic heterocycles. The van der Waals surface area contributed by atoms with Crippen LogP contribution in [0.5, 0.6) is 5.75 Å². The van der Waals surface area contributed by atoms with Crippen LogP contribution in [-0.2, 0) is 16.1 Å². The second-order valence-electron chi connectivity index (χ2n) is 7.99. The number of amides is 1. The van der Waals surface area contributed by atoms with Crippen molar-refractivity contribution in [2.45, 2.75) is 39.0 Å². The number of carbonyl (C=O) groups excluding carboxylic acids is 2. The van der Waals surface area contributed by atoms with Crippen molar-refractivity contribution in [3.05, 3.63) is 23.8 Å². The van der Waals surface area contributed by atoms with Gasteiger partial charge in [0, 0.05) is 38.8 Å². The maximum absolute atomic E-state index is 11.9. The quantitative estimate of drug-likeness (QED) is 0.726. The monoisotopic (exact) mass is 374 g/mol. The summed E-state index contributed by atoms with van der Waals surface area (Å²) in [6, 6.07) is 6.28. The Bertz CT molecular complexity index is 686. The van der Waals surface area contributed by atoms with E-state index in [4.69, 9.17) is 4.74 Å². The zero-order chi connectivity index (χ0) is 19.4. The molecule has 0 aromatic heterocycles. The van der Waals surface area contributed by atoms with E-state index in [1.54, 1.807) is 6.92 Å². The molecule has 1 unspecified atom stereocenters. The van der Waals surface area contributed by atoms with Gasteiger partial charge < -0.3 is 15.4 Å². The molecule has 1 fully saturated rings. The van der Waals surface area contributed by atoms with E-state index in [9.17, 15) is 9.59 Å². The van der Waals surface area contributed by atoms with E-state index in [0.29, 0.717) is 13.1 Å². The van der Waals surface area contributed by atoms with E-state index in [-0.39, 0.29) is 11.9 Å². The highest BCUT2D eigenvalue weighted by atomic mass is 16.5. The topological polar surface area (TPSA) is 73.9 Å². The number of benzene rings is 1. The largest absolute Gasteiger partial charge is 0.476 e. The Balaban J connectivity index is 1.50. The number of carbonyl (C=O) groups is 2. The third-order valence-electron chi connectivity index (χ3n) is 4.95. The Hall–Kier alpha value is -2.12. The highest BCUT2D eigenvalue weighted by Gasteiger charge is 2.31. The summed E-state index contributed by atoms with van der Waals surface area (Å²) < 4.78 is 5.80. The summed E-state index contributed by atoms with van der Waals surface area (Å²) in [5, 5.41) is 6.24. The number of rotatable bonds is 6. The van der Waals surface area contributed by atoms with Crippen LogP contribution in [0.1, 0.15) is 26.3 Å². The predicted octanol–water partition coefficient (Wildman–Crippen LogP) is 1.09. The van der Waals surface area contributed by atoms with Gasteiger partial charge in [0.15, 0.2) is 11.9 Å². The first-order chi connectivity index (χ1) is 12.9. The maximum Gasteiger partial charge on any atom is 0.234 e. The number of nitrogens with zero attached hydrogens (tertiary/aromatic N) is 2. The van der Waals surface area contributed by atoms with Crippen molar-refractivity contribution < 1.29 is 14.3 Å². The highest BCUT2D eigenvalue weighted by Crippen LogP contribution is 2.33. The molecule has 0 spiro atoms. The highest BCUT2D eigenvalue weighted by molar-refractivity contribution is 5.78. The summed E-state index contributed by atoms with van der Waals surface area (Å²) in [6.07, 6.45) is 0.845.